The number of benzene rings is 1. The summed E-state index contributed by atoms with van der Waals surface area (Å²) in [6.45, 7) is -0.0102. The summed E-state index contributed by atoms with van der Waals surface area (Å²) >= 11 is 11.4. The average Bonchev–Trinajstić information content (AvgIpc) is 2.25. The van der Waals surface area contributed by atoms with Gasteiger partial charge in [-0.1, -0.05) is 23.2 Å². The first-order valence-electron chi connectivity index (χ1n) is 4.73. The molecule has 18 heavy (non-hydrogen) atoms. The third-order valence-electron chi connectivity index (χ3n) is 2.14. The van der Waals surface area contributed by atoms with Crippen molar-refractivity contribution in [2.75, 3.05) is 19.5 Å². The molecule has 0 radical (unpaired) electrons. The predicted molar refractivity (Wildman–Crippen MR) is 67.4 cm³/mol. The van der Waals surface area contributed by atoms with E-state index in [0.717, 1.165) is 12.1 Å². The van der Waals surface area contributed by atoms with Gasteiger partial charge in [0.15, 0.2) is 9.84 Å². The lowest BCUT2D eigenvalue weighted by Crippen LogP contribution is -2.13. The smallest absolute Gasteiger partial charge is 0.337 e. The maximum Gasteiger partial charge on any atom is 0.337 e. The molecule has 1 rings (SSSR count). The zero-order valence-electron chi connectivity index (χ0n) is 9.31. The minimum Gasteiger partial charge on any atom is -0.478 e. The SMILES string of the molecule is COCCS(=O)(=O)c1cc(C(=O)O)c(Cl)cc1Cl. The van der Waals surface area contributed by atoms with Crippen LogP contribution in [0.4, 0.5) is 0 Å². The summed E-state index contributed by atoms with van der Waals surface area (Å²) in [5.74, 6) is -1.61. The van der Waals surface area contributed by atoms with Crippen LogP contribution in [0.3, 0.4) is 0 Å². The number of rotatable bonds is 5. The molecule has 1 aromatic carbocycles. The van der Waals surface area contributed by atoms with Crippen LogP contribution in [0.5, 0.6) is 0 Å². The van der Waals surface area contributed by atoms with E-state index in [9.17, 15) is 13.2 Å². The van der Waals surface area contributed by atoms with Gasteiger partial charge in [0.25, 0.3) is 0 Å². The van der Waals surface area contributed by atoms with Crippen molar-refractivity contribution in [2.45, 2.75) is 4.90 Å². The van der Waals surface area contributed by atoms with Gasteiger partial charge in [-0.05, 0) is 12.1 Å². The minimum absolute atomic E-state index is 0.0102. The third-order valence-corrected chi connectivity index (χ3v) is 4.59. The Morgan fingerprint density at radius 2 is 1.94 bits per heavy atom. The highest BCUT2D eigenvalue weighted by molar-refractivity contribution is 7.91. The first kappa shape index (κ1) is 15.2. The van der Waals surface area contributed by atoms with E-state index in [1.807, 2.05) is 0 Å². The highest BCUT2D eigenvalue weighted by Crippen LogP contribution is 2.29. The Kier molecular flexibility index (Phi) is 4.98. The van der Waals surface area contributed by atoms with Gasteiger partial charge < -0.3 is 9.84 Å². The molecule has 0 amide bonds. The van der Waals surface area contributed by atoms with Crippen molar-refractivity contribution in [3.05, 3.63) is 27.7 Å². The van der Waals surface area contributed by atoms with E-state index < -0.39 is 15.8 Å². The fourth-order valence-corrected chi connectivity index (χ4v) is 3.31. The molecule has 0 aromatic heterocycles. The number of aromatic carboxylic acids is 1. The van der Waals surface area contributed by atoms with E-state index in [1.165, 1.54) is 7.11 Å². The van der Waals surface area contributed by atoms with Gasteiger partial charge in [-0.3, -0.25) is 0 Å². The van der Waals surface area contributed by atoms with Crippen molar-refractivity contribution in [3.8, 4) is 0 Å². The quantitative estimate of drug-likeness (QED) is 0.900. The molecule has 5 nitrogen and oxygen atoms in total. The third kappa shape index (κ3) is 3.35. The Morgan fingerprint density at radius 3 is 2.44 bits per heavy atom. The Labute approximate surface area is 114 Å². The van der Waals surface area contributed by atoms with E-state index in [0.29, 0.717) is 0 Å². The molecular formula is C10H10Cl2O5S. The standard InChI is InChI=1S/C10H10Cl2O5S/c1-17-2-3-18(15,16)9-4-6(10(13)14)7(11)5-8(9)12/h4-5H,2-3H2,1H3,(H,13,14). The predicted octanol–water partition coefficient (Wildman–Crippen LogP) is 2.11. The number of sulfone groups is 1. The number of methoxy groups -OCH3 is 1. The molecular weight excluding hydrogens is 303 g/mol. The van der Waals surface area contributed by atoms with Crippen LogP contribution in [-0.2, 0) is 14.6 Å². The highest BCUT2D eigenvalue weighted by atomic mass is 35.5. The van der Waals surface area contributed by atoms with E-state index in [2.05, 4.69) is 4.74 Å². The Morgan fingerprint density at radius 1 is 1.33 bits per heavy atom. The molecule has 0 aliphatic carbocycles. The molecule has 1 N–H and O–H groups in total. The van der Waals surface area contributed by atoms with E-state index in [1.54, 1.807) is 0 Å². The lowest BCUT2D eigenvalue weighted by atomic mass is 10.2. The fraction of sp³-hybridized carbons (Fsp3) is 0.300. The van der Waals surface area contributed by atoms with Gasteiger partial charge in [-0.2, -0.15) is 0 Å². The van der Waals surface area contributed by atoms with E-state index >= 15 is 0 Å². The molecule has 0 saturated carbocycles. The van der Waals surface area contributed by atoms with Crippen molar-refractivity contribution in [3.63, 3.8) is 0 Å². The second-order valence-corrected chi connectivity index (χ2v) is 6.27. The van der Waals surface area contributed by atoms with Crippen LogP contribution < -0.4 is 0 Å². The van der Waals surface area contributed by atoms with Gasteiger partial charge in [-0.25, -0.2) is 13.2 Å². The van der Waals surface area contributed by atoms with Gasteiger partial charge in [0.1, 0.15) is 0 Å². The molecule has 0 fully saturated rings. The Bertz CT molecular complexity index is 568. The lowest BCUT2D eigenvalue weighted by Gasteiger charge is -2.08. The van der Waals surface area contributed by atoms with Crippen LogP contribution in [0.2, 0.25) is 10.0 Å². The van der Waals surface area contributed by atoms with Gasteiger partial charge in [0.2, 0.25) is 0 Å². The van der Waals surface area contributed by atoms with Crippen molar-refractivity contribution >= 4 is 39.0 Å². The molecule has 100 valence electrons. The van der Waals surface area contributed by atoms with Crippen molar-refractivity contribution in [2.24, 2.45) is 0 Å². The molecule has 1 aromatic rings. The second kappa shape index (κ2) is 5.88. The van der Waals surface area contributed by atoms with E-state index in [4.69, 9.17) is 28.3 Å². The fourth-order valence-electron chi connectivity index (χ4n) is 1.23. The Hall–Kier alpha value is -0.820. The average molecular weight is 313 g/mol. The maximum atomic E-state index is 11.9. The zero-order valence-corrected chi connectivity index (χ0v) is 11.6. The molecule has 0 heterocycles. The summed E-state index contributed by atoms with van der Waals surface area (Å²) < 4.78 is 28.5. The number of hydrogen-bond acceptors (Lipinski definition) is 4. The maximum absolute atomic E-state index is 11.9. The molecule has 0 spiro atoms. The summed E-state index contributed by atoms with van der Waals surface area (Å²) in [5.41, 5.74) is -0.308. The second-order valence-electron chi connectivity index (χ2n) is 3.38. The molecule has 0 bridgehead atoms. The van der Waals surface area contributed by atoms with Crippen molar-refractivity contribution < 1.29 is 23.1 Å². The molecule has 0 saturated heterocycles. The highest BCUT2D eigenvalue weighted by Gasteiger charge is 2.22. The molecule has 0 atom stereocenters. The lowest BCUT2D eigenvalue weighted by molar-refractivity contribution is 0.0697. The van der Waals surface area contributed by atoms with Crippen LogP contribution in [0, 0.1) is 0 Å². The first-order valence-corrected chi connectivity index (χ1v) is 7.14. The normalized spacial score (nSPS) is 11.5. The van der Waals surface area contributed by atoms with E-state index in [-0.39, 0.29) is 32.9 Å². The van der Waals surface area contributed by atoms with Crippen molar-refractivity contribution in [1.29, 1.82) is 0 Å². The van der Waals surface area contributed by atoms with Gasteiger partial charge in [-0.15, -0.1) is 0 Å². The van der Waals surface area contributed by atoms with Gasteiger partial charge >= 0.3 is 5.97 Å². The molecule has 0 aliphatic heterocycles. The monoisotopic (exact) mass is 312 g/mol. The molecule has 8 heteroatoms. The van der Waals surface area contributed by atoms with Crippen LogP contribution in [0.25, 0.3) is 0 Å². The summed E-state index contributed by atoms with van der Waals surface area (Å²) in [6, 6.07) is 2.06. The summed E-state index contributed by atoms with van der Waals surface area (Å²) in [5, 5.41) is 8.65. The summed E-state index contributed by atoms with van der Waals surface area (Å²) in [4.78, 5) is 10.6. The number of carboxylic acid groups (broad SMARTS) is 1. The van der Waals surface area contributed by atoms with Crippen LogP contribution in [0.15, 0.2) is 17.0 Å². The number of ether oxygens (including phenoxy) is 1. The number of halogens is 2. The molecule has 0 aliphatic rings. The molecule has 0 unspecified atom stereocenters. The van der Waals surface area contributed by atoms with Crippen LogP contribution in [-0.4, -0.2) is 39.0 Å². The number of carbonyl (C=O) groups is 1. The number of carboxylic acids is 1. The van der Waals surface area contributed by atoms with Crippen LogP contribution in [0.1, 0.15) is 10.4 Å². The van der Waals surface area contributed by atoms with Gasteiger partial charge in [0.05, 0.1) is 32.9 Å². The van der Waals surface area contributed by atoms with Gasteiger partial charge in [0, 0.05) is 7.11 Å². The first-order chi connectivity index (χ1) is 8.29. The zero-order chi connectivity index (χ0) is 13.9. The Balaban J connectivity index is 3.33. The topological polar surface area (TPSA) is 80.7 Å². The summed E-state index contributed by atoms with van der Waals surface area (Å²) in [6.07, 6.45) is 0. The largest absolute Gasteiger partial charge is 0.478 e. The van der Waals surface area contributed by atoms with Crippen LogP contribution >= 0.6 is 23.2 Å². The number of hydrogen-bond donors (Lipinski definition) is 1. The summed E-state index contributed by atoms with van der Waals surface area (Å²) in [7, 11) is -2.34. The van der Waals surface area contributed by atoms with Crippen molar-refractivity contribution in [1.82, 2.24) is 0 Å². The minimum atomic E-state index is -3.70.